The van der Waals surface area contributed by atoms with E-state index >= 15 is 0 Å². The van der Waals surface area contributed by atoms with E-state index in [1.165, 1.54) is 6.26 Å². The lowest BCUT2D eigenvalue weighted by atomic mass is 10.1. The molecule has 0 aliphatic carbocycles. The van der Waals surface area contributed by atoms with Gasteiger partial charge in [0, 0.05) is 26.7 Å². The fourth-order valence-electron chi connectivity index (χ4n) is 2.30. The molecule has 1 aromatic carbocycles. The monoisotopic (exact) mass is 412 g/mol. The first-order valence-electron chi connectivity index (χ1n) is 8.86. The van der Waals surface area contributed by atoms with E-state index in [4.69, 9.17) is 4.42 Å². The Morgan fingerprint density at radius 3 is 2.38 bits per heavy atom. The number of benzene rings is 1. The van der Waals surface area contributed by atoms with Crippen molar-refractivity contribution in [3.8, 4) is 0 Å². The molecule has 0 atom stereocenters. The zero-order chi connectivity index (χ0) is 21.1. The Morgan fingerprint density at radius 1 is 1.07 bits per heavy atom. The van der Waals surface area contributed by atoms with Gasteiger partial charge in [-0.3, -0.25) is 9.79 Å². The number of alkyl halides is 3. The summed E-state index contributed by atoms with van der Waals surface area (Å²) in [6.45, 7) is -0.0446. The van der Waals surface area contributed by atoms with Crippen LogP contribution in [0.1, 0.15) is 21.7 Å². The van der Waals surface area contributed by atoms with Crippen molar-refractivity contribution in [2.45, 2.75) is 19.3 Å². The number of hydrogen-bond acceptors (Lipinski definition) is 4. The summed E-state index contributed by atoms with van der Waals surface area (Å²) in [6.07, 6.45) is -2.89. The first kappa shape index (κ1) is 22.3. The minimum Gasteiger partial charge on any atom is -0.459 e. The quantitative estimate of drug-likeness (QED) is 0.335. The number of guanidine groups is 1. The summed E-state index contributed by atoms with van der Waals surface area (Å²) in [4.78, 5) is 15.8. The van der Waals surface area contributed by atoms with Crippen LogP contribution >= 0.6 is 0 Å². The van der Waals surface area contributed by atoms with Gasteiger partial charge in [-0.1, -0.05) is 24.3 Å². The third-order valence-corrected chi connectivity index (χ3v) is 3.69. The number of aliphatic imine (C=N–C) groups is 1. The fourth-order valence-corrected chi connectivity index (χ4v) is 2.30. The maximum atomic E-state index is 12.1. The number of furan rings is 1. The number of rotatable bonds is 9. The third-order valence-electron chi connectivity index (χ3n) is 3.69. The van der Waals surface area contributed by atoms with Crippen molar-refractivity contribution in [1.29, 1.82) is 0 Å². The number of hydrogen-bond donors (Lipinski definition) is 3. The molecule has 3 N–H and O–H groups in total. The molecule has 0 bridgehead atoms. The first-order chi connectivity index (χ1) is 13.9. The van der Waals surface area contributed by atoms with Crippen LogP contribution in [0, 0.1) is 0 Å². The van der Waals surface area contributed by atoms with Crippen LogP contribution in [0.15, 0.2) is 52.1 Å². The molecule has 29 heavy (non-hydrogen) atoms. The third kappa shape index (κ3) is 8.69. The summed E-state index contributed by atoms with van der Waals surface area (Å²) < 4.78 is 45.8. The predicted octanol–water partition coefficient (Wildman–Crippen LogP) is 2.45. The van der Waals surface area contributed by atoms with Gasteiger partial charge in [0.25, 0.3) is 5.91 Å². The van der Waals surface area contributed by atoms with Crippen LogP contribution in [-0.4, -0.2) is 44.8 Å². The molecule has 0 radical (unpaired) electrons. The number of ether oxygens (including phenoxy) is 1. The van der Waals surface area contributed by atoms with E-state index in [-0.39, 0.29) is 18.3 Å². The van der Waals surface area contributed by atoms with Gasteiger partial charge in [-0.05, 0) is 23.3 Å². The average Bonchev–Trinajstić information content (AvgIpc) is 3.22. The van der Waals surface area contributed by atoms with Crippen molar-refractivity contribution in [3.63, 3.8) is 0 Å². The minimum absolute atomic E-state index is 0.0971. The Labute approximate surface area is 166 Å². The van der Waals surface area contributed by atoms with Gasteiger partial charge in [-0.25, -0.2) is 0 Å². The molecule has 158 valence electrons. The van der Waals surface area contributed by atoms with Crippen LogP contribution in [-0.2, 0) is 17.9 Å². The Hall–Kier alpha value is -3.01. The Bertz CT molecular complexity index is 775. The Kier molecular flexibility index (Phi) is 8.53. The van der Waals surface area contributed by atoms with Crippen molar-refractivity contribution in [2.75, 3.05) is 26.7 Å². The van der Waals surface area contributed by atoms with E-state index in [2.05, 4.69) is 25.7 Å². The van der Waals surface area contributed by atoms with E-state index in [9.17, 15) is 18.0 Å². The highest BCUT2D eigenvalue weighted by Gasteiger charge is 2.27. The van der Waals surface area contributed by atoms with Gasteiger partial charge in [0.05, 0.1) is 12.9 Å². The Morgan fingerprint density at radius 2 is 1.76 bits per heavy atom. The highest BCUT2D eigenvalue weighted by atomic mass is 19.4. The van der Waals surface area contributed by atoms with Crippen LogP contribution in [0.4, 0.5) is 13.2 Å². The zero-order valence-electron chi connectivity index (χ0n) is 15.9. The lowest BCUT2D eigenvalue weighted by Gasteiger charge is -2.12. The molecule has 0 fully saturated rings. The van der Waals surface area contributed by atoms with Crippen LogP contribution < -0.4 is 16.0 Å². The fraction of sp³-hybridized carbons (Fsp3) is 0.368. The summed E-state index contributed by atoms with van der Waals surface area (Å²) in [5.41, 5.74) is 1.59. The molecule has 1 heterocycles. The number of amides is 1. The minimum atomic E-state index is -4.33. The average molecular weight is 412 g/mol. The second kappa shape index (κ2) is 11.1. The van der Waals surface area contributed by atoms with E-state index in [0.717, 1.165) is 5.56 Å². The normalized spacial score (nSPS) is 11.9. The molecule has 0 aliphatic heterocycles. The number of nitrogens with zero attached hydrogens (tertiary/aromatic N) is 1. The second-order valence-electron chi connectivity index (χ2n) is 6.01. The van der Waals surface area contributed by atoms with E-state index in [0.29, 0.717) is 31.2 Å². The van der Waals surface area contributed by atoms with Gasteiger partial charge in [-0.2, -0.15) is 13.2 Å². The van der Waals surface area contributed by atoms with Crippen molar-refractivity contribution in [1.82, 2.24) is 16.0 Å². The number of halogens is 3. The van der Waals surface area contributed by atoms with Crippen LogP contribution in [0.3, 0.4) is 0 Å². The van der Waals surface area contributed by atoms with Gasteiger partial charge in [-0.15, -0.1) is 0 Å². The Balaban J connectivity index is 1.66. The smallest absolute Gasteiger partial charge is 0.411 e. The van der Waals surface area contributed by atoms with Gasteiger partial charge in [0.15, 0.2) is 11.7 Å². The van der Waals surface area contributed by atoms with E-state index in [1.807, 2.05) is 0 Å². The lowest BCUT2D eigenvalue weighted by Crippen LogP contribution is -2.41. The van der Waals surface area contributed by atoms with Crippen molar-refractivity contribution in [2.24, 2.45) is 4.99 Å². The van der Waals surface area contributed by atoms with Gasteiger partial charge < -0.3 is 25.1 Å². The van der Waals surface area contributed by atoms with E-state index < -0.39 is 12.8 Å². The van der Waals surface area contributed by atoms with Crippen molar-refractivity contribution < 1.29 is 27.1 Å². The number of carbonyl (C=O) groups is 1. The van der Waals surface area contributed by atoms with Gasteiger partial charge in [0.1, 0.15) is 6.61 Å². The molecule has 7 nitrogen and oxygen atoms in total. The van der Waals surface area contributed by atoms with Crippen molar-refractivity contribution in [3.05, 3.63) is 59.5 Å². The summed E-state index contributed by atoms with van der Waals surface area (Å²) in [6, 6.07) is 10.3. The van der Waals surface area contributed by atoms with Crippen LogP contribution in [0.2, 0.25) is 0 Å². The largest absolute Gasteiger partial charge is 0.459 e. The molecule has 10 heteroatoms. The zero-order valence-corrected chi connectivity index (χ0v) is 15.9. The number of carbonyl (C=O) groups excluding carboxylic acids is 1. The van der Waals surface area contributed by atoms with Crippen LogP contribution in [0.25, 0.3) is 0 Å². The molecule has 0 saturated heterocycles. The lowest BCUT2D eigenvalue weighted by molar-refractivity contribution is -0.176. The molecule has 2 rings (SSSR count). The maximum Gasteiger partial charge on any atom is 0.411 e. The predicted molar refractivity (Wildman–Crippen MR) is 101 cm³/mol. The van der Waals surface area contributed by atoms with Gasteiger partial charge >= 0.3 is 6.18 Å². The summed E-state index contributed by atoms with van der Waals surface area (Å²) in [7, 11) is 1.62. The van der Waals surface area contributed by atoms with Gasteiger partial charge in [0.2, 0.25) is 0 Å². The first-order valence-corrected chi connectivity index (χ1v) is 8.86. The molecule has 0 saturated carbocycles. The van der Waals surface area contributed by atoms with Crippen LogP contribution in [0.5, 0.6) is 0 Å². The molecule has 0 unspecified atom stereocenters. The maximum absolute atomic E-state index is 12.1. The van der Waals surface area contributed by atoms with Crippen molar-refractivity contribution >= 4 is 11.9 Å². The molecular formula is C19H23F3N4O3. The molecule has 0 spiro atoms. The summed E-state index contributed by atoms with van der Waals surface area (Å²) in [5.74, 6) is 0.508. The highest BCUT2D eigenvalue weighted by molar-refractivity contribution is 5.91. The molecule has 2 aromatic rings. The standard InChI is InChI=1S/C19H23F3N4O3/c1-23-18(25-9-8-24-17(27)16-3-2-10-29-16)26-11-14-4-6-15(7-5-14)12-28-13-19(20,21)22/h2-7,10H,8-9,11-13H2,1H3,(H,24,27)(H2,23,25,26). The molecule has 1 aromatic heterocycles. The molecule has 0 aliphatic rings. The highest BCUT2D eigenvalue weighted by Crippen LogP contribution is 2.15. The number of nitrogens with one attached hydrogen (secondary N) is 3. The summed E-state index contributed by atoms with van der Waals surface area (Å²) in [5, 5.41) is 8.88. The molecule has 1 amide bonds. The topological polar surface area (TPSA) is 87.9 Å². The molecular weight excluding hydrogens is 389 g/mol. The van der Waals surface area contributed by atoms with E-state index in [1.54, 1.807) is 43.4 Å². The second-order valence-corrected chi connectivity index (χ2v) is 6.01. The summed E-state index contributed by atoms with van der Waals surface area (Å²) >= 11 is 0. The SMILES string of the molecule is CN=C(NCCNC(=O)c1ccco1)NCc1ccc(COCC(F)(F)F)cc1.